The zero-order valence-corrected chi connectivity index (χ0v) is 47.3. The maximum atomic E-state index is 13.7. The van der Waals surface area contributed by atoms with E-state index in [1.54, 1.807) is 92.0 Å². The highest BCUT2D eigenvalue weighted by Gasteiger charge is 2.28. The molecule has 0 unspecified atom stereocenters. The van der Waals surface area contributed by atoms with Gasteiger partial charge in [0.2, 0.25) is 10.9 Å². The monoisotopic (exact) mass is 1110 g/mol. The average molecular weight is 1120 g/mol. The highest BCUT2D eigenvalue weighted by atomic mass is 32.1. The van der Waals surface area contributed by atoms with E-state index in [1.165, 1.54) is 39.5 Å². The van der Waals surface area contributed by atoms with Gasteiger partial charge in [-0.25, -0.2) is 19.2 Å². The van der Waals surface area contributed by atoms with Crippen molar-refractivity contribution in [1.82, 2.24) is 20.2 Å². The van der Waals surface area contributed by atoms with Crippen molar-refractivity contribution < 1.29 is 33.5 Å². The number of aromatic nitrogens is 2. The number of aromatic carboxylic acids is 1. The van der Waals surface area contributed by atoms with E-state index in [-0.39, 0.29) is 50.9 Å². The molecule has 0 radical (unpaired) electrons. The number of carboxylic acid groups (broad SMARTS) is 1. The lowest BCUT2D eigenvalue weighted by molar-refractivity contribution is -0.132. The van der Waals surface area contributed by atoms with Crippen LogP contribution in [0, 0.1) is 5.82 Å². The van der Waals surface area contributed by atoms with Crippen LogP contribution in [0.25, 0.3) is 42.7 Å². The molecule has 10 rings (SSSR count). The fourth-order valence-electron chi connectivity index (χ4n) is 9.04. The van der Waals surface area contributed by atoms with Crippen LogP contribution in [0.3, 0.4) is 0 Å². The first-order chi connectivity index (χ1) is 38.7. The van der Waals surface area contributed by atoms with Crippen molar-refractivity contribution in [2.75, 3.05) is 17.7 Å². The van der Waals surface area contributed by atoms with Crippen LogP contribution in [0.5, 0.6) is 0 Å². The second-order valence-electron chi connectivity index (χ2n) is 21.5. The molecule has 2 aromatic heterocycles. The van der Waals surface area contributed by atoms with Crippen LogP contribution in [-0.2, 0) is 22.2 Å². The predicted molar refractivity (Wildman–Crippen MR) is 323 cm³/mol. The van der Waals surface area contributed by atoms with E-state index in [1.807, 2.05) is 66.7 Å². The number of carbonyl (C=O) groups excluding carboxylic acids is 4. The van der Waals surface area contributed by atoms with Crippen LogP contribution in [0.15, 0.2) is 188 Å². The van der Waals surface area contributed by atoms with Gasteiger partial charge in [0.25, 0.3) is 17.7 Å². The Morgan fingerprint density at radius 2 is 0.988 bits per heavy atom. The Kier molecular flexibility index (Phi) is 16.8. The van der Waals surface area contributed by atoms with Gasteiger partial charge in [-0.05, 0) is 116 Å². The number of nitrogens with one attached hydrogen (secondary N) is 3. The summed E-state index contributed by atoms with van der Waals surface area (Å²) >= 11 is 2.26. The van der Waals surface area contributed by atoms with Gasteiger partial charge in [0.1, 0.15) is 11.9 Å². The number of halogens is 1. The van der Waals surface area contributed by atoms with E-state index in [0.29, 0.717) is 48.5 Å². The van der Waals surface area contributed by atoms with Crippen molar-refractivity contribution in [1.29, 1.82) is 0 Å². The fourth-order valence-corrected chi connectivity index (χ4v) is 10.8. The molecule has 1 atom stereocenters. The molecule has 2 heterocycles. The van der Waals surface area contributed by atoms with Crippen molar-refractivity contribution in [2.24, 2.45) is 0 Å². The van der Waals surface area contributed by atoms with Gasteiger partial charge >= 0.3 is 5.97 Å². The molecule has 15 heteroatoms. The van der Waals surface area contributed by atoms with Crippen LogP contribution in [0.2, 0.25) is 0 Å². The molecule has 0 saturated carbocycles. The Bertz CT molecular complexity index is 3940. The summed E-state index contributed by atoms with van der Waals surface area (Å²) in [5.74, 6) is -2.72. The third-order valence-electron chi connectivity index (χ3n) is 13.5. The average Bonchev–Trinajstić information content (AvgIpc) is 4.13. The van der Waals surface area contributed by atoms with E-state index in [0.717, 1.165) is 39.2 Å². The second-order valence-corrected chi connectivity index (χ2v) is 23.6. The Balaban J connectivity index is 0.000000218. The number of benzene rings is 8. The summed E-state index contributed by atoms with van der Waals surface area (Å²) in [6, 6.07) is 56.0. The number of hydrogen-bond acceptors (Lipinski definition) is 9. The molecule has 0 fully saturated rings. The van der Waals surface area contributed by atoms with E-state index < -0.39 is 17.9 Å². The van der Waals surface area contributed by atoms with Gasteiger partial charge in [0, 0.05) is 36.1 Å². The molecule has 0 saturated heterocycles. The van der Waals surface area contributed by atoms with Gasteiger partial charge in [-0.3, -0.25) is 19.2 Å². The minimum atomic E-state index is -1.06. The summed E-state index contributed by atoms with van der Waals surface area (Å²) < 4.78 is 14.8. The molecule has 12 nitrogen and oxygen atoms in total. The van der Waals surface area contributed by atoms with Crippen molar-refractivity contribution in [3.05, 3.63) is 237 Å². The van der Waals surface area contributed by atoms with Gasteiger partial charge in [-0.2, -0.15) is 0 Å². The molecule has 8 aromatic carbocycles. The van der Waals surface area contributed by atoms with Gasteiger partial charge in [-0.15, -0.1) is 22.7 Å². The van der Waals surface area contributed by atoms with Crippen molar-refractivity contribution in [2.45, 2.75) is 65.0 Å². The predicted octanol–water partition coefficient (Wildman–Crippen LogP) is 15.0. The number of carbonyl (C=O) groups is 5. The molecule has 0 aliphatic rings. The molecular formula is C66H59FN6O6S2. The molecule has 0 spiro atoms. The van der Waals surface area contributed by atoms with Crippen LogP contribution in [0.4, 0.5) is 15.8 Å². The number of thiazole rings is 2. The van der Waals surface area contributed by atoms with Gasteiger partial charge < -0.3 is 26.0 Å². The molecular weight excluding hydrogens is 1060 g/mol. The molecule has 10 aromatic rings. The highest BCUT2D eigenvalue weighted by Crippen LogP contribution is 2.33. The summed E-state index contributed by atoms with van der Waals surface area (Å²) in [6.45, 7) is 13.2. The second kappa shape index (κ2) is 24.0. The number of fused-ring (bicyclic) bond motifs is 2. The summed E-state index contributed by atoms with van der Waals surface area (Å²) in [5, 5.41) is 18.2. The standard InChI is InChI=1S/C41H37FN4O3S.C25H22N2O3S/c1-41(2,3)29-18-16-27(17-19-29)32-12-8-9-13-33(32)37(47)43-31-22-23-34-35(24-31)50-39(44-34)38(48)45-36(28-10-6-5-7-11-28)40(49)46(4)25-26-14-20-30(42)21-15-26;1-25(2,3)16-10-8-15(9-11-16)18-6-4-5-7-19(18)22(28)26-17-12-13-20-21(14-17)31-23(27-20)24(29)30/h5-24,36H,25H2,1-4H3,(H,43,47)(H,45,48);4-14H,1-3H3,(H,26,28)(H,29,30)/t36-;/m0./s1. The number of carboxylic acids is 1. The molecule has 0 aliphatic carbocycles. The molecule has 4 N–H and O–H groups in total. The van der Waals surface area contributed by atoms with Gasteiger partial charge in [-0.1, -0.05) is 169 Å². The SMILES string of the molecule is CC(C)(C)c1ccc(-c2ccccc2C(=O)Nc2ccc3nc(C(=O)O)sc3c2)cc1.CN(Cc1ccc(F)cc1)C(=O)[C@@H](NC(=O)c1nc2ccc(NC(=O)c3ccccc3-c3ccc(C(C)(C)C)cc3)cc2s1)c1ccccc1. The lowest BCUT2D eigenvalue weighted by atomic mass is 9.86. The van der Waals surface area contributed by atoms with E-state index in [9.17, 15) is 28.4 Å². The first-order valence-corrected chi connectivity index (χ1v) is 27.7. The summed E-state index contributed by atoms with van der Waals surface area (Å²) in [5.41, 5.74) is 11.0. The number of rotatable bonds is 13. The molecule has 81 heavy (non-hydrogen) atoms. The Hall–Kier alpha value is -9.18. The van der Waals surface area contributed by atoms with Gasteiger partial charge in [0.05, 0.1) is 20.4 Å². The van der Waals surface area contributed by atoms with Crippen molar-refractivity contribution in [3.8, 4) is 22.3 Å². The van der Waals surface area contributed by atoms with Crippen LogP contribution in [-0.4, -0.2) is 56.6 Å². The van der Waals surface area contributed by atoms with E-state index >= 15 is 0 Å². The minimum Gasteiger partial charge on any atom is -0.476 e. The van der Waals surface area contributed by atoms with Gasteiger partial charge in [0.15, 0.2) is 5.01 Å². The first kappa shape index (κ1) is 56.5. The smallest absolute Gasteiger partial charge is 0.365 e. The Morgan fingerprint density at radius 1 is 0.543 bits per heavy atom. The number of nitrogens with zero attached hydrogens (tertiary/aromatic N) is 3. The largest absolute Gasteiger partial charge is 0.476 e. The normalized spacial score (nSPS) is 11.8. The maximum absolute atomic E-state index is 13.7. The quantitative estimate of drug-likeness (QED) is 0.0884. The fraction of sp³-hybridized carbons (Fsp3) is 0.167. The highest BCUT2D eigenvalue weighted by molar-refractivity contribution is 7.20. The van der Waals surface area contributed by atoms with Crippen LogP contribution >= 0.6 is 22.7 Å². The number of amides is 4. The summed E-state index contributed by atoms with van der Waals surface area (Å²) in [6.07, 6.45) is 0. The van der Waals surface area contributed by atoms with Crippen molar-refractivity contribution in [3.63, 3.8) is 0 Å². The summed E-state index contributed by atoms with van der Waals surface area (Å²) in [7, 11) is 1.64. The Labute approximate surface area is 477 Å². The molecule has 4 amide bonds. The lowest BCUT2D eigenvalue weighted by Gasteiger charge is -2.25. The molecule has 0 aliphatic heterocycles. The zero-order valence-electron chi connectivity index (χ0n) is 45.7. The number of anilines is 2. The molecule has 408 valence electrons. The number of likely N-dealkylation sites (N-methyl/N-ethyl adjacent to an activating group) is 1. The third-order valence-corrected chi connectivity index (χ3v) is 15.5. The van der Waals surface area contributed by atoms with Crippen LogP contribution in [0.1, 0.15) is 110 Å². The Morgan fingerprint density at radius 3 is 1.46 bits per heavy atom. The first-order valence-electron chi connectivity index (χ1n) is 26.1. The third kappa shape index (κ3) is 13.6. The molecule has 0 bridgehead atoms. The van der Waals surface area contributed by atoms with Crippen LogP contribution < -0.4 is 16.0 Å². The van der Waals surface area contributed by atoms with E-state index in [4.69, 9.17) is 5.11 Å². The minimum absolute atomic E-state index is 0.0230. The zero-order chi connectivity index (χ0) is 57.6. The number of hydrogen-bond donors (Lipinski definition) is 4. The van der Waals surface area contributed by atoms with E-state index in [2.05, 4.69) is 91.7 Å². The van der Waals surface area contributed by atoms with Crippen molar-refractivity contribution >= 4 is 84.1 Å². The lowest BCUT2D eigenvalue weighted by Crippen LogP contribution is -2.41. The maximum Gasteiger partial charge on any atom is 0.365 e. The topological polar surface area (TPSA) is 171 Å². The summed E-state index contributed by atoms with van der Waals surface area (Å²) in [4.78, 5) is 75.1.